The van der Waals surface area contributed by atoms with Crippen LogP contribution in [-0.2, 0) is 17.6 Å². The molecule has 0 aromatic heterocycles. The van der Waals surface area contributed by atoms with Crippen LogP contribution in [0.5, 0.6) is 5.75 Å². The first-order valence-electron chi connectivity index (χ1n) is 8.84. The molecule has 0 radical (unpaired) electrons. The summed E-state index contributed by atoms with van der Waals surface area (Å²) in [5.41, 5.74) is 9.68. The third-order valence-electron chi connectivity index (χ3n) is 4.50. The molecule has 2 aromatic rings. The molecule has 3 rings (SSSR count). The van der Waals surface area contributed by atoms with E-state index in [-0.39, 0.29) is 11.0 Å². The molecule has 0 saturated carbocycles. The lowest BCUT2D eigenvalue weighted by molar-refractivity contribution is -0.127. The summed E-state index contributed by atoms with van der Waals surface area (Å²) in [6.07, 6.45) is 2.70. The number of ether oxygens (including phenoxy) is 1. The van der Waals surface area contributed by atoms with Crippen LogP contribution in [0.2, 0.25) is 5.02 Å². The second-order valence-corrected chi connectivity index (χ2v) is 7.42. The fourth-order valence-electron chi connectivity index (χ4n) is 2.98. The molecule has 3 N–H and O–H groups in total. The van der Waals surface area contributed by atoms with Crippen LogP contribution >= 0.6 is 23.8 Å². The summed E-state index contributed by atoms with van der Waals surface area (Å²) in [5.74, 6) is 0.385. The number of nitrogens with one attached hydrogen (secondary N) is 3. The highest BCUT2D eigenvalue weighted by molar-refractivity contribution is 7.80. The average Bonchev–Trinajstić information content (AvgIpc) is 3.10. The summed E-state index contributed by atoms with van der Waals surface area (Å²) in [5, 5.41) is 3.87. The molecule has 7 heteroatoms. The highest BCUT2D eigenvalue weighted by atomic mass is 35.5. The van der Waals surface area contributed by atoms with Crippen molar-refractivity contribution in [1.29, 1.82) is 0 Å². The van der Waals surface area contributed by atoms with Crippen molar-refractivity contribution in [2.75, 3.05) is 5.32 Å². The Morgan fingerprint density at radius 1 is 1.15 bits per heavy atom. The van der Waals surface area contributed by atoms with Crippen molar-refractivity contribution in [3.8, 4) is 5.75 Å². The molecule has 1 atom stereocenters. The molecular formula is C20H22ClN3O2S. The molecule has 2 aromatic carbocycles. The number of hydrazine groups is 1. The summed E-state index contributed by atoms with van der Waals surface area (Å²) in [6, 6.07) is 11.5. The zero-order chi connectivity index (χ0) is 19.4. The van der Waals surface area contributed by atoms with Crippen LogP contribution in [-0.4, -0.2) is 17.1 Å². The van der Waals surface area contributed by atoms with Gasteiger partial charge in [-0.1, -0.05) is 23.7 Å². The predicted molar refractivity (Wildman–Crippen MR) is 112 cm³/mol. The smallest absolute Gasteiger partial charge is 0.279 e. The maximum absolute atomic E-state index is 12.3. The molecule has 1 aliphatic carbocycles. The summed E-state index contributed by atoms with van der Waals surface area (Å²) < 4.78 is 5.75. The van der Waals surface area contributed by atoms with E-state index in [0.29, 0.717) is 10.8 Å². The van der Waals surface area contributed by atoms with Gasteiger partial charge in [-0.15, -0.1) is 0 Å². The number of thiocarbonyl (C=S) groups is 1. The van der Waals surface area contributed by atoms with E-state index in [1.54, 1.807) is 19.1 Å². The van der Waals surface area contributed by atoms with Gasteiger partial charge in [0.2, 0.25) is 0 Å². The second-order valence-electron chi connectivity index (χ2n) is 6.57. The first kappa shape index (κ1) is 19.5. The zero-order valence-corrected chi connectivity index (χ0v) is 16.8. The van der Waals surface area contributed by atoms with E-state index in [1.165, 1.54) is 17.5 Å². The summed E-state index contributed by atoms with van der Waals surface area (Å²) in [7, 11) is 0. The van der Waals surface area contributed by atoms with Crippen molar-refractivity contribution in [1.82, 2.24) is 10.9 Å². The third-order valence-corrected chi connectivity index (χ3v) is 4.94. The van der Waals surface area contributed by atoms with Crippen LogP contribution in [0, 0.1) is 6.92 Å². The number of fused-ring (bicyclic) bond motifs is 1. The van der Waals surface area contributed by atoms with Crippen molar-refractivity contribution in [3.05, 3.63) is 58.1 Å². The molecule has 0 spiro atoms. The molecule has 1 unspecified atom stereocenters. The predicted octanol–water partition coefficient (Wildman–Crippen LogP) is 3.92. The van der Waals surface area contributed by atoms with Crippen molar-refractivity contribution in [2.45, 2.75) is 39.2 Å². The lowest BCUT2D eigenvalue weighted by Crippen LogP contribution is -2.48. The van der Waals surface area contributed by atoms with Gasteiger partial charge in [0.25, 0.3) is 5.91 Å². The minimum atomic E-state index is -0.660. The highest BCUT2D eigenvalue weighted by Crippen LogP contribution is 2.26. The molecular weight excluding hydrogens is 382 g/mol. The van der Waals surface area contributed by atoms with Gasteiger partial charge in [-0.25, -0.2) is 0 Å². The lowest BCUT2D eigenvalue weighted by atomic mass is 10.1. The molecule has 1 amide bonds. The number of carbonyl (C=O) groups excluding carboxylic acids is 1. The van der Waals surface area contributed by atoms with Crippen molar-refractivity contribution in [3.63, 3.8) is 0 Å². The standard InChI is InChI=1S/C20H22ClN3O2S/c1-12-6-8-16(21)11-18(12)22-20(27)24-23-19(25)13(2)26-17-9-7-14-4-3-5-15(14)10-17/h6-11,13H,3-5H2,1-2H3,(H,23,25)(H2,22,24,27). The SMILES string of the molecule is Cc1ccc(Cl)cc1NC(=S)NNC(=O)C(C)Oc1ccc2c(c1)CCC2. The third kappa shape index (κ3) is 5.11. The van der Waals surface area contributed by atoms with Crippen molar-refractivity contribution < 1.29 is 9.53 Å². The maximum Gasteiger partial charge on any atom is 0.279 e. The van der Waals surface area contributed by atoms with Crippen molar-refractivity contribution >= 4 is 40.5 Å². The molecule has 0 fully saturated rings. The van der Waals surface area contributed by atoms with Gasteiger partial charge in [0.05, 0.1) is 0 Å². The Morgan fingerprint density at radius 3 is 2.74 bits per heavy atom. The molecule has 1 aliphatic rings. The normalized spacial score (nSPS) is 13.4. The van der Waals surface area contributed by atoms with Gasteiger partial charge in [0.15, 0.2) is 11.2 Å². The maximum atomic E-state index is 12.3. The minimum Gasteiger partial charge on any atom is -0.481 e. The van der Waals surface area contributed by atoms with E-state index < -0.39 is 6.10 Å². The monoisotopic (exact) mass is 403 g/mol. The Hall–Kier alpha value is -2.31. The Balaban J connectivity index is 1.49. The van der Waals surface area contributed by atoms with Gasteiger partial charge < -0.3 is 10.1 Å². The van der Waals surface area contributed by atoms with Crippen LogP contribution in [0.1, 0.15) is 30.0 Å². The zero-order valence-electron chi connectivity index (χ0n) is 15.3. The Morgan fingerprint density at radius 2 is 1.93 bits per heavy atom. The number of anilines is 1. The average molecular weight is 404 g/mol. The molecule has 5 nitrogen and oxygen atoms in total. The van der Waals surface area contributed by atoms with Gasteiger partial charge in [0, 0.05) is 10.7 Å². The van der Waals surface area contributed by atoms with Crippen LogP contribution in [0.15, 0.2) is 36.4 Å². The summed E-state index contributed by atoms with van der Waals surface area (Å²) >= 11 is 11.2. The van der Waals surface area contributed by atoms with E-state index in [4.69, 9.17) is 28.6 Å². The van der Waals surface area contributed by atoms with Crippen LogP contribution in [0.3, 0.4) is 0 Å². The molecule has 0 bridgehead atoms. The van der Waals surface area contributed by atoms with Crippen LogP contribution in [0.4, 0.5) is 5.69 Å². The number of carbonyl (C=O) groups is 1. The van der Waals surface area contributed by atoms with E-state index in [1.807, 2.05) is 25.1 Å². The number of rotatable bonds is 4. The number of aryl methyl sites for hydroxylation is 3. The van der Waals surface area contributed by atoms with Crippen LogP contribution < -0.4 is 20.9 Å². The van der Waals surface area contributed by atoms with Gasteiger partial charge in [0.1, 0.15) is 5.75 Å². The van der Waals surface area contributed by atoms with E-state index in [2.05, 4.69) is 22.2 Å². The van der Waals surface area contributed by atoms with E-state index in [0.717, 1.165) is 24.1 Å². The van der Waals surface area contributed by atoms with Gasteiger partial charge in [-0.2, -0.15) is 0 Å². The topological polar surface area (TPSA) is 62.4 Å². The number of halogens is 1. The first-order valence-corrected chi connectivity index (χ1v) is 9.62. The van der Waals surface area contributed by atoms with Gasteiger partial charge in [-0.3, -0.25) is 15.6 Å². The highest BCUT2D eigenvalue weighted by Gasteiger charge is 2.17. The Labute approximate surface area is 169 Å². The lowest BCUT2D eigenvalue weighted by Gasteiger charge is -2.17. The molecule has 0 saturated heterocycles. The molecule has 27 heavy (non-hydrogen) atoms. The molecule has 0 aliphatic heterocycles. The summed E-state index contributed by atoms with van der Waals surface area (Å²) in [6.45, 7) is 3.63. The van der Waals surface area contributed by atoms with Crippen molar-refractivity contribution in [2.24, 2.45) is 0 Å². The first-order chi connectivity index (χ1) is 12.9. The van der Waals surface area contributed by atoms with E-state index in [9.17, 15) is 4.79 Å². The van der Waals surface area contributed by atoms with Gasteiger partial charge in [-0.05, 0) is 86.3 Å². The Bertz CT molecular complexity index is 872. The second kappa shape index (κ2) is 8.59. The quantitative estimate of drug-likeness (QED) is 0.533. The summed E-state index contributed by atoms with van der Waals surface area (Å²) in [4.78, 5) is 12.3. The number of hydrogen-bond donors (Lipinski definition) is 3. The fourth-order valence-corrected chi connectivity index (χ4v) is 3.31. The van der Waals surface area contributed by atoms with Crippen LogP contribution in [0.25, 0.3) is 0 Å². The van der Waals surface area contributed by atoms with Gasteiger partial charge >= 0.3 is 0 Å². The minimum absolute atomic E-state index is 0.262. The van der Waals surface area contributed by atoms with E-state index >= 15 is 0 Å². The largest absolute Gasteiger partial charge is 0.481 e. The number of benzene rings is 2. The number of amides is 1. The molecule has 0 heterocycles. The Kier molecular flexibility index (Phi) is 6.19. The number of hydrogen-bond acceptors (Lipinski definition) is 3. The molecule has 142 valence electrons. The fraction of sp³-hybridized carbons (Fsp3) is 0.300.